The summed E-state index contributed by atoms with van der Waals surface area (Å²) in [5, 5.41) is 0. The molecular formula is C23H32N2O2. The van der Waals surface area contributed by atoms with Gasteiger partial charge in [0, 0.05) is 43.6 Å². The number of nitrogens with zero attached hydrogens (tertiary/aromatic N) is 2. The number of piperidine rings is 2. The Bertz CT molecular complexity index is 695. The molecule has 1 aliphatic carbocycles. The zero-order valence-electron chi connectivity index (χ0n) is 16.6. The van der Waals surface area contributed by atoms with Gasteiger partial charge >= 0.3 is 0 Å². The minimum atomic E-state index is 0.110. The van der Waals surface area contributed by atoms with E-state index in [1.54, 1.807) is 0 Å². The molecule has 3 aliphatic rings. The number of aryl methyl sites for hydroxylation is 1. The standard InChI is InChI=1S/C23H32N2O2/c1-2-4-18-7-9-20(10-8-18)22(27)24-14-3-12-23(16-24)13-11-21(26)25(17-23)15-19-5-6-19/h7-10,19H,2-6,11-17H2,1H3. The lowest BCUT2D eigenvalue weighted by molar-refractivity contribution is -0.139. The lowest BCUT2D eigenvalue weighted by Gasteiger charge is -2.48. The number of rotatable bonds is 5. The Morgan fingerprint density at radius 1 is 1.15 bits per heavy atom. The monoisotopic (exact) mass is 368 g/mol. The average Bonchev–Trinajstić information content (AvgIpc) is 3.50. The van der Waals surface area contributed by atoms with Crippen LogP contribution in [0.1, 0.15) is 67.8 Å². The summed E-state index contributed by atoms with van der Waals surface area (Å²) in [7, 11) is 0. The highest BCUT2D eigenvalue weighted by molar-refractivity contribution is 5.94. The fourth-order valence-corrected chi connectivity index (χ4v) is 4.88. The summed E-state index contributed by atoms with van der Waals surface area (Å²) >= 11 is 0. The molecule has 1 atom stereocenters. The number of amides is 2. The van der Waals surface area contributed by atoms with Gasteiger partial charge in [0.05, 0.1) is 0 Å². The molecule has 1 aromatic carbocycles. The van der Waals surface area contributed by atoms with Gasteiger partial charge in [-0.05, 0) is 62.1 Å². The van der Waals surface area contributed by atoms with E-state index in [1.165, 1.54) is 18.4 Å². The second-order valence-corrected chi connectivity index (χ2v) is 8.99. The van der Waals surface area contributed by atoms with Crippen molar-refractivity contribution in [1.29, 1.82) is 0 Å². The minimum Gasteiger partial charge on any atom is -0.342 e. The van der Waals surface area contributed by atoms with E-state index in [2.05, 4.69) is 24.0 Å². The number of carbonyl (C=O) groups is 2. The third kappa shape index (κ3) is 4.20. The Kier molecular flexibility index (Phi) is 5.25. The van der Waals surface area contributed by atoms with E-state index in [4.69, 9.17) is 0 Å². The van der Waals surface area contributed by atoms with Crippen LogP contribution in [0.3, 0.4) is 0 Å². The fraction of sp³-hybridized carbons (Fsp3) is 0.652. The molecule has 1 saturated carbocycles. The first-order valence-corrected chi connectivity index (χ1v) is 10.7. The molecule has 2 aliphatic heterocycles. The SMILES string of the molecule is CCCc1ccc(C(=O)N2CCCC3(CCC(=O)N(CC4CC4)C3)C2)cc1. The first-order chi connectivity index (χ1) is 13.1. The number of benzene rings is 1. The third-order valence-corrected chi connectivity index (χ3v) is 6.61. The molecule has 4 rings (SSSR count). The van der Waals surface area contributed by atoms with Crippen molar-refractivity contribution in [2.24, 2.45) is 11.3 Å². The minimum absolute atomic E-state index is 0.110. The summed E-state index contributed by atoms with van der Waals surface area (Å²) in [4.78, 5) is 29.6. The number of carbonyl (C=O) groups excluding carboxylic acids is 2. The van der Waals surface area contributed by atoms with Crippen LogP contribution < -0.4 is 0 Å². The molecule has 146 valence electrons. The fourth-order valence-electron chi connectivity index (χ4n) is 4.88. The Balaban J connectivity index is 1.43. The number of hydrogen-bond donors (Lipinski definition) is 0. The van der Waals surface area contributed by atoms with Crippen LogP contribution in [0.4, 0.5) is 0 Å². The summed E-state index contributed by atoms with van der Waals surface area (Å²) in [6, 6.07) is 8.15. The summed E-state index contributed by atoms with van der Waals surface area (Å²) in [5.74, 6) is 1.21. The van der Waals surface area contributed by atoms with E-state index in [0.29, 0.717) is 12.3 Å². The molecule has 2 amide bonds. The smallest absolute Gasteiger partial charge is 0.253 e. The van der Waals surface area contributed by atoms with Crippen molar-refractivity contribution in [3.8, 4) is 0 Å². The van der Waals surface area contributed by atoms with Crippen molar-refractivity contribution in [2.45, 2.75) is 58.3 Å². The first kappa shape index (κ1) is 18.5. The topological polar surface area (TPSA) is 40.6 Å². The Morgan fingerprint density at radius 3 is 2.63 bits per heavy atom. The summed E-state index contributed by atoms with van der Waals surface area (Å²) in [6.07, 6.45) is 8.51. The van der Waals surface area contributed by atoms with Gasteiger partial charge in [-0.1, -0.05) is 25.5 Å². The molecule has 1 spiro atoms. The van der Waals surface area contributed by atoms with Gasteiger partial charge in [-0.2, -0.15) is 0 Å². The van der Waals surface area contributed by atoms with E-state index in [9.17, 15) is 9.59 Å². The third-order valence-electron chi connectivity index (χ3n) is 6.61. The largest absolute Gasteiger partial charge is 0.342 e. The maximum absolute atomic E-state index is 13.1. The van der Waals surface area contributed by atoms with Crippen LogP contribution in [-0.4, -0.2) is 47.8 Å². The normalized spacial score (nSPS) is 25.9. The Hall–Kier alpha value is -1.84. The second kappa shape index (κ2) is 7.65. The summed E-state index contributed by atoms with van der Waals surface area (Å²) in [6.45, 7) is 5.60. The quantitative estimate of drug-likeness (QED) is 0.791. The van der Waals surface area contributed by atoms with E-state index in [-0.39, 0.29) is 11.3 Å². The molecule has 4 nitrogen and oxygen atoms in total. The molecule has 2 heterocycles. The number of hydrogen-bond acceptors (Lipinski definition) is 2. The van der Waals surface area contributed by atoms with Crippen LogP contribution in [0.25, 0.3) is 0 Å². The van der Waals surface area contributed by atoms with Crippen molar-refractivity contribution in [3.05, 3.63) is 35.4 Å². The average molecular weight is 369 g/mol. The summed E-state index contributed by atoms with van der Waals surface area (Å²) in [5.41, 5.74) is 2.21. The summed E-state index contributed by atoms with van der Waals surface area (Å²) < 4.78 is 0. The van der Waals surface area contributed by atoms with Crippen LogP contribution >= 0.6 is 0 Å². The molecule has 1 aromatic rings. The van der Waals surface area contributed by atoms with Crippen LogP contribution in [0.2, 0.25) is 0 Å². The van der Waals surface area contributed by atoms with Crippen LogP contribution in [0.5, 0.6) is 0 Å². The van der Waals surface area contributed by atoms with Gasteiger partial charge in [0.2, 0.25) is 5.91 Å². The van der Waals surface area contributed by atoms with E-state index in [1.807, 2.05) is 17.0 Å². The van der Waals surface area contributed by atoms with Gasteiger partial charge in [0.25, 0.3) is 5.91 Å². The van der Waals surface area contributed by atoms with Gasteiger partial charge in [0.15, 0.2) is 0 Å². The molecule has 0 N–H and O–H groups in total. The van der Waals surface area contributed by atoms with Gasteiger partial charge < -0.3 is 9.80 Å². The molecule has 27 heavy (non-hydrogen) atoms. The van der Waals surface area contributed by atoms with Gasteiger partial charge in [-0.15, -0.1) is 0 Å². The molecule has 3 fully saturated rings. The molecule has 2 saturated heterocycles. The van der Waals surface area contributed by atoms with Gasteiger partial charge in [0.1, 0.15) is 0 Å². The number of likely N-dealkylation sites (tertiary alicyclic amines) is 2. The molecule has 4 heteroatoms. The predicted molar refractivity (Wildman–Crippen MR) is 107 cm³/mol. The van der Waals surface area contributed by atoms with Crippen molar-refractivity contribution in [1.82, 2.24) is 9.80 Å². The lowest BCUT2D eigenvalue weighted by Crippen LogP contribution is -2.55. The predicted octanol–water partition coefficient (Wildman–Crippen LogP) is 3.89. The van der Waals surface area contributed by atoms with Crippen LogP contribution in [0.15, 0.2) is 24.3 Å². The van der Waals surface area contributed by atoms with E-state index < -0.39 is 0 Å². The lowest BCUT2D eigenvalue weighted by atomic mass is 9.73. The van der Waals surface area contributed by atoms with Crippen LogP contribution in [0, 0.1) is 11.3 Å². The first-order valence-electron chi connectivity index (χ1n) is 10.7. The highest BCUT2D eigenvalue weighted by atomic mass is 16.2. The maximum Gasteiger partial charge on any atom is 0.253 e. The van der Waals surface area contributed by atoms with E-state index in [0.717, 1.165) is 69.8 Å². The van der Waals surface area contributed by atoms with Gasteiger partial charge in [-0.3, -0.25) is 9.59 Å². The van der Waals surface area contributed by atoms with E-state index >= 15 is 0 Å². The molecule has 0 bridgehead atoms. The van der Waals surface area contributed by atoms with Gasteiger partial charge in [-0.25, -0.2) is 0 Å². The molecule has 0 aromatic heterocycles. The van der Waals surface area contributed by atoms with Crippen molar-refractivity contribution in [3.63, 3.8) is 0 Å². The molecular weight excluding hydrogens is 336 g/mol. The molecule has 0 radical (unpaired) electrons. The van der Waals surface area contributed by atoms with Crippen LogP contribution in [-0.2, 0) is 11.2 Å². The van der Waals surface area contributed by atoms with Crippen molar-refractivity contribution in [2.75, 3.05) is 26.2 Å². The zero-order chi connectivity index (χ0) is 18.9. The highest BCUT2D eigenvalue weighted by Crippen LogP contribution is 2.41. The zero-order valence-corrected chi connectivity index (χ0v) is 16.6. The van der Waals surface area contributed by atoms with Crippen molar-refractivity contribution < 1.29 is 9.59 Å². The Labute approximate surface area is 162 Å². The highest BCUT2D eigenvalue weighted by Gasteiger charge is 2.43. The molecule has 1 unspecified atom stereocenters. The van der Waals surface area contributed by atoms with Crippen molar-refractivity contribution >= 4 is 11.8 Å². The Morgan fingerprint density at radius 2 is 1.93 bits per heavy atom. The maximum atomic E-state index is 13.1. The second-order valence-electron chi connectivity index (χ2n) is 8.99.